The summed E-state index contributed by atoms with van der Waals surface area (Å²) in [5.74, 6) is 0.626. The van der Waals surface area contributed by atoms with Gasteiger partial charge in [0.25, 0.3) is 0 Å². The molecule has 1 rings (SSSR count). The molecule has 1 aromatic rings. The molecule has 0 atom stereocenters. The second kappa shape index (κ2) is 8.18. The van der Waals surface area contributed by atoms with E-state index in [9.17, 15) is 4.79 Å². The van der Waals surface area contributed by atoms with Crippen molar-refractivity contribution in [3.05, 3.63) is 23.8 Å². The number of hydrogen-bond acceptors (Lipinski definition) is 2. The average molecular weight is 307 g/mol. The van der Waals surface area contributed by atoms with Gasteiger partial charge in [-0.25, -0.2) is 4.79 Å². The van der Waals surface area contributed by atoms with E-state index in [-0.39, 0.29) is 6.09 Å². The van der Waals surface area contributed by atoms with Crippen molar-refractivity contribution in [1.82, 2.24) is 9.38 Å². The van der Waals surface area contributed by atoms with Crippen LogP contribution in [-0.4, -0.2) is 46.2 Å². The second-order valence-corrected chi connectivity index (χ2v) is 6.88. The van der Waals surface area contributed by atoms with Gasteiger partial charge in [-0.05, 0) is 25.0 Å². The molecule has 0 aliphatic carbocycles. The molecule has 124 valence electrons. The molecule has 0 bridgehead atoms. The van der Waals surface area contributed by atoms with E-state index in [1.807, 2.05) is 12.1 Å². The van der Waals surface area contributed by atoms with Crippen molar-refractivity contribution in [3.8, 4) is 5.75 Å². The van der Waals surface area contributed by atoms with E-state index in [1.165, 1.54) is 41.8 Å². The van der Waals surface area contributed by atoms with E-state index in [0.29, 0.717) is 5.75 Å². The van der Waals surface area contributed by atoms with Crippen molar-refractivity contribution in [2.24, 2.45) is 0 Å². The van der Waals surface area contributed by atoms with Crippen LogP contribution in [0.3, 0.4) is 0 Å². The Morgan fingerprint density at radius 3 is 2.36 bits per heavy atom. The zero-order chi connectivity index (χ0) is 16.8. The molecule has 0 N–H and O–H groups in total. The average Bonchev–Trinajstić information content (AvgIpc) is 2.42. The summed E-state index contributed by atoms with van der Waals surface area (Å²) in [7, 11) is 9.87. The van der Waals surface area contributed by atoms with Crippen LogP contribution in [-0.2, 0) is 6.42 Å². The van der Waals surface area contributed by atoms with Gasteiger partial charge >= 0.3 is 6.09 Å². The van der Waals surface area contributed by atoms with E-state index in [2.05, 4.69) is 34.1 Å². The van der Waals surface area contributed by atoms with E-state index >= 15 is 0 Å². The summed E-state index contributed by atoms with van der Waals surface area (Å²) in [6.07, 6.45) is 5.62. The number of ether oxygens (including phenoxy) is 1. The Labute approximate surface area is 135 Å². The zero-order valence-corrected chi connectivity index (χ0v) is 15.0. The van der Waals surface area contributed by atoms with Gasteiger partial charge in [-0.1, -0.05) is 26.2 Å². The summed E-state index contributed by atoms with van der Waals surface area (Å²) in [4.78, 5) is 13.1. The largest absolute Gasteiger partial charge is 0.414 e. The van der Waals surface area contributed by atoms with Gasteiger partial charge in [0.15, 0.2) is 0 Å². The van der Waals surface area contributed by atoms with Crippen molar-refractivity contribution in [1.29, 1.82) is 0 Å². The first-order valence-electron chi connectivity index (χ1n) is 8.09. The van der Waals surface area contributed by atoms with Crippen molar-refractivity contribution in [2.45, 2.75) is 39.0 Å². The predicted octanol–water partition coefficient (Wildman–Crippen LogP) is 4.07. The van der Waals surface area contributed by atoms with Crippen molar-refractivity contribution in [3.63, 3.8) is 0 Å². The van der Waals surface area contributed by atoms with E-state index in [4.69, 9.17) is 4.74 Å². The van der Waals surface area contributed by atoms with Crippen LogP contribution in [0.25, 0.3) is 0 Å². The molecular weight excluding hydrogens is 276 g/mol. The van der Waals surface area contributed by atoms with Crippen LogP contribution < -0.4 is 9.22 Å². The molecule has 0 aliphatic rings. The minimum absolute atomic E-state index is 0.338. The number of carbonyl (C=O) groups is 1. The fraction of sp³-hybridized carbons (Fsp3) is 0.611. The Morgan fingerprint density at radius 1 is 1.14 bits per heavy atom. The van der Waals surface area contributed by atoms with Crippen LogP contribution in [0, 0.1) is 0 Å². The van der Waals surface area contributed by atoms with Crippen LogP contribution in [0.2, 0.25) is 0 Å². The highest BCUT2D eigenvalue weighted by atomic mass is 16.6. The number of amides is 1. The second-order valence-electron chi connectivity index (χ2n) is 6.88. The molecule has 1 aromatic carbocycles. The maximum Gasteiger partial charge on any atom is 0.414 e. The molecule has 4 nitrogen and oxygen atoms in total. The Hall–Kier alpha value is -1.55. The smallest absolute Gasteiger partial charge is 0.410 e. The molecule has 0 fully saturated rings. The lowest BCUT2D eigenvalue weighted by atomic mass is 10.0. The predicted molar refractivity (Wildman–Crippen MR) is 93.6 cm³/mol. The highest BCUT2D eigenvalue weighted by Crippen LogP contribution is 2.29. The van der Waals surface area contributed by atoms with E-state index in [1.54, 1.807) is 14.1 Å². The van der Waals surface area contributed by atoms with Crippen LogP contribution in [0.15, 0.2) is 18.2 Å². The lowest BCUT2D eigenvalue weighted by Gasteiger charge is -2.26. The summed E-state index contributed by atoms with van der Waals surface area (Å²) >= 11 is 0. The van der Waals surface area contributed by atoms with Gasteiger partial charge in [0, 0.05) is 25.7 Å². The maximum atomic E-state index is 11.7. The first kappa shape index (κ1) is 18.5. The summed E-state index contributed by atoms with van der Waals surface area (Å²) in [5, 5.41) is 0. The fourth-order valence-corrected chi connectivity index (χ4v) is 2.41. The minimum Gasteiger partial charge on any atom is -0.410 e. The summed E-state index contributed by atoms with van der Waals surface area (Å²) < 4.78 is 6.16. The van der Waals surface area contributed by atoms with Gasteiger partial charge in [-0.3, -0.25) is 4.48 Å². The first-order chi connectivity index (χ1) is 10.3. The molecule has 0 spiro atoms. The summed E-state index contributed by atoms with van der Waals surface area (Å²) in [6, 6.07) is 5.98. The Balaban J connectivity index is 2.93. The number of rotatable bonds is 7. The van der Waals surface area contributed by atoms with Gasteiger partial charge in [-0.15, -0.1) is 0 Å². The normalized spacial score (nSPS) is 11.4. The third-order valence-electron chi connectivity index (χ3n) is 3.64. The molecule has 22 heavy (non-hydrogen) atoms. The van der Waals surface area contributed by atoms with Crippen LogP contribution in [0.1, 0.15) is 38.2 Å². The van der Waals surface area contributed by atoms with Gasteiger partial charge < -0.3 is 9.64 Å². The van der Waals surface area contributed by atoms with Gasteiger partial charge in [0.1, 0.15) is 11.4 Å². The number of unbranched alkanes of at least 4 members (excludes halogenated alkanes) is 3. The number of quaternary nitrogens is 1. The number of nitrogens with zero attached hydrogens (tertiary/aromatic N) is 2. The molecule has 0 aromatic heterocycles. The maximum absolute atomic E-state index is 11.7. The third-order valence-corrected chi connectivity index (χ3v) is 3.64. The monoisotopic (exact) mass is 307 g/mol. The van der Waals surface area contributed by atoms with Gasteiger partial charge in [0.05, 0.1) is 21.1 Å². The summed E-state index contributed by atoms with van der Waals surface area (Å²) in [6.45, 7) is 2.22. The van der Waals surface area contributed by atoms with Crippen LogP contribution >= 0.6 is 0 Å². The number of carbonyl (C=O) groups excluding carboxylic acids is 1. The number of aryl methyl sites for hydroxylation is 1. The lowest BCUT2D eigenvalue weighted by Crippen LogP contribution is -2.35. The first-order valence-corrected chi connectivity index (χ1v) is 8.09. The van der Waals surface area contributed by atoms with E-state index < -0.39 is 0 Å². The highest BCUT2D eigenvalue weighted by molar-refractivity contribution is 5.70. The molecule has 1 amide bonds. The molecule has 0 radical (unpaired) electrons. The minimum atomic E-state index is -0.338. The molecule has 0 saturated carbocycles. The lowest BCUT2D eigenvalue weighted by molar-refractivity contribution is 0.172. The van der Waals surface area contributed by atoms with Crippen molar-refractivity contribution in [2.75, 3.05) is 35.2 Å². The van der Waals surface area contributed by atoms with Gasteiger partial charge in [-0.2, -0.15) is 0 Å². The van der Waals surface area contributed by atoms with Crippen molar-refractivity contribution >= 4 is 11.8 Å². The Kier molecular flexibility index (Phi) is 6.88. The van der Waals surface area contributed by atoms with Crippen LogP contribution in [0.5, 0.6) is 5.75 Å². The van der Waals surface area contributed by atoms with Crippen LogP contribution in [0.4, 0.5) is 10.5 Å². The SMILES string of the molecule is CCCCCCc1cc(OC(=O)N(C)C)ccc1[N+](C)(C)C. The quantitative estimate of drug-likeness (QED) is 0.561. The van der Waals surface area contributed by atoms with E-state index in [0.717, 1.165) is 10.9 Å². The molecule has 4 heteroatoms. The van der Waals surface area contributed by atoms with Gasteiger partial charge in [0.2, 0.25) is 0 Å². The zero-order valence-electron chi connectivity index (χ0n) is 15.0. The number of benzene rings is 1. The van der Waals surface area contributed by atoms with Crippen molar-refractivity contribution < 1.29 is 9.53 Å². The summed E-state index contributed by atoms with van der Waals surface area (Å²) in [5.41, 5.74) is 2.55. The number of hydrogen-bond donors (Lipinski definition) is 0. The standard InChI is InChI=1S/C18H31N2O2/c1-7-8-9-10-11-15-14-16(22-18(21)19(2)3)12-13-17(15)20(4,5)6/h12-14H,7-11H2,1-6H3/q+1. The fourth-order valence-electron chi connectivity index (χ4n) is 2.41. The molecule has 0 unspecified atom stereocenters. The third kappa shape index (κ3) is 5.68. The highest BCUT2D eigenvalue weighted by Gasteiger charge is 2.19. The molecular formula is C18H31N2O2+. The molecule has 0 aliphatic heterocycles. The molecule has 0 saturated heterocycles. The Bertz CT molecular complexity index is 490. The Morgan fingerprint density at radius 2 is 1.82 bits per heavy atom. The molecule has 0 heterocycles. The topological polar surface area (TPSA) is 29.5 Å².